The van der Waals surface area contributed by atoms with Crippen LogP contribution in [0.2, 0.25) is 5.02 Å². The van der Waals surface area contributed by atoms with Gasteiger partial charge in [-0.25, -0.2) is 0 Å². The number of amides is 1. The van der Waals surface area contributed by atoms with Crippen molar-refractivity contribution in [2.24, 2.45) is 0 Å². The molecule has 1 aliphatic rings. The summed E-state index contributed by atoms with van der Waals surface area (Å²) in [5.74, 6) is 0.473. The Kier molecular flexibility index (Phi) is 5.72. The topological polar surface area (TPSA) is 41.6 Å². The SMILES string of the molecule is Cc1cc(O[C@@H](C)C(=O)Nc2ccc(N3CCCC3)cc2)cc(C)c1Cl. The van der Waals surface area contributed by atoms with Crippen LogP contribution in [-0.4, -0.2) is 25.1 Å². The number of halogens is 1. The van der Waals surface area contributed by atoms with Crippen LogP contribution in [-0.2, 0) is 4.79 Å². The summed E-state index contributed by atoms with van der Waals surface area (Å²) in [6, 6.07) is 11.7. The third kappa shape index (κ3) is 4.31. The number of nitrogens with zero attached hydrogens (tertiary/aromatic N) is 1. The Morgan fingerprint density at radius 2 is 1.69 bits per heavy atom. The van der Waals surface area contributed by atoms with Crippen molar-refractivity contribution in [2.45, 2.75) is 39.7 Å². The first-order chi connectivity index (χ1) is 12.4. The first kappa shape index (κ1) is 18.6. The minimum atomic E-state index is -0.603. The van der Waals surface area contributed by atoms with Gasteiger partial charge in [-0.2, -0.15) is 0 Å². The summed E-state index contributed by atoms with van der Waals surface area (Å²) < 4.78 is 5.79. The Morgan fingerprint density at radius 3 is 2.27 bits per heavy atom. The number of hydrogen-bond donors (Lipinski definition) is 1. The fourth-order valence-electron chi connectivity index (χ4n) is 3.21. The van der Waals surface area contributed by atoms with Gasteiger partial charge in [-0.3, -0.25) is 4.79 Å². The second-order valence-electron chi connectivity index (χ2n) is 6.86. The van der Waals surface area contributed by atoms with Crippen LogP contribution in [0, 0.1) is 13.8 Å². The summed E-state index contributed by atoms with van der Waals surface area (Å²) in [7, 11) is 0. The van der Waals surface area contributed by atoms with E-state index in [0.29, 0.717) is 5.75 Å². The van der Waals surface area contributed by atoms with Gasteiger partial charge in [-0.05, 0) is 81.1 Å². The number of rotatable bonds is 5. The minimum absolute atomic E-state index is 0.177. The normalized spacial score (nSPS) is 15.0. The van der Waals surface area contributed by atoms with E-state index in [2.05, 4.69) is 22.3 Å². The smallest absolute Gasteiger partial charge is 0.265 e. The number of hydrogen-bond acceptors (Lipinski definition) is 3. The Labute approximate surface area is 160 Å². The van der Waals surface area contributed by atoms with Crippen LogP contribution in [0.5, 0.6) is 5.75 Å². The molecule has 3 rings (SSSR count). The van der Waals surface area contributed by atoms with E-state index in [4.69, 9.17) is 16.3 Å². The third-order valence-electron chi connectivity index (χ3n) is 4.70. The van der Waals surface area contributed by atoms with E-state index in [9.17, 15) is 4.79 Å². The van der Waals surface area contributed by atoms with Crippen molar-refractivity contribution in [3.05, 3.63) is 52.5 Å². The van der Waals surface area contributed by atoms with Gasteiger partial charge in [-0.1, -0.05) is 11.6 Å². The maximum Gasteiger partial charge on any atom is 0.265 e. The van der Waals surface area contributed by atoms with Gasteiger partial charge < -0.3 is 15.0 Å². The molecule has 0 saturated carbocycles. The van der Waals surface area contributed by atoms with Crippen molar-refractivity contribution < 1.29 is 9.53 Å². The zero-order valence-corrected chi connectivity index (χ0v) is 16.3. The second kappa shape index (κ2) is 8.00. The summed E-state index contributed by atoms with van der Waals surface area (Å²) in [5.41, 5.74) is 3.85. The second-order valence-corrected chi connectivity index (χ2v) is 7.24. The first-order valence-corrected chi connectivity index (χ1v) is 9.41. The van der Waals surface area contributed by atoms with Crippen molar-refractivity contribution >= 4 is 28.9 Å². The van der Waals surface area contributed by atoms with Crippen LogP contribution in [0.3, 0.4) is 0 Å². The lowest BCUT2D eigenvalue weighted by Gasteiger charge is -2.19. The number of benzene rings is 2. The zero-order valence-electron chi connectivity index (χ0n) is 15.5. The van der Waals surface area contributed by atoms with E-state index in [1.165, 1.54) is 18.5 Å². The molecule has 2 aromatic carbocycles. The maximum atomic E-state index is 12.4. The van der Waals surface area contributed by atoms with Crippen molar-refractivity contribution in [1.29, 1.82) is 0 Å². The van der Waals surface area contributed by atoms with E-state index < -0.39 is 6.10 Å². The summed E-state index contributed by atoms with van der Waals surface area (Å²) in [6.45, 7) is 7.81. The standard InChI is InChI=1S/C21H25ClN2O2/c1-14-12-19(13-15(2)20(14)22)26-16(3)21(25)23-17-6-8-18(9-7-17)24-10-4-5-11-24/h6-9,12-13,16H,4-5,10-11H2,1-3H3,(H,23,25)/t16-/m0/s1. The van der Waals surface area contributed by atoms with Gasteiger partial charge in [0.15, 0.2) is 6.10 Å². The summed E-state index contributed by atoms with van der Waals surface area (Å²) >= 11 is 6.18. The molecule has 138 valence electrons. The molecule has 1 aliphatic heterocycles. The van der Waals surface area contributed by atoms with Gasteiger partial charge in [-0.15, -0.1) is 0 Å². The molecule has 5 heteroatoms. The molecule has 0 radical (unpaired) electrons. The van der Waals surface area contributed by atoms with Gasteiger partial charge in [0.2, 0.25) is 0 Å². The summed E-state index contributed by atoms with van der Waals surface area (Å²) in [4.78, 5) is 14.8. The molecule has 0 unspecified atom stereocenters. The number of anilines is 2. The van der Waals surface area contributed by atoms with E-state index in [-0.39, 0.29) is 5.91 Å². The Hall–Kier alpha value is -2.20. The van der Waals surface area contributed by atoms with Crippen LogP contribution in [0.15, 0.2) is 36.4 Å². The molecule has 1 saturated heterocycles. The Balaban J connectivity index is 1.60. The molecule has 0 aromatic heterocycles. The fourth-order valence-corrected chi connectivity index (χ4v) is 3.32. The van der Waals surface area contributed by atoms with Gasteiger partial charge in [0.25, 0.3) is 5.91 Å². The molecule has 4 nitrogen and oxygen atoms in total. The molecular weight excluding hydrogens is 348 g/mol. The number of ether oxygens (including phenoxy) is 1. The van der Waals surface area contributed by atoms with Crippen LogP contribution in [0.25, 0.3) is 0 Å². The molecule has 26 heavy (non-hydrogen) atoms. The highest BCUT2D eigenvalue weighted by atomic mass is 35.5. The molecule has 1 amide bonds. The number of nitrogens with one attached hydrogen (secondary N) is 1. The van der Waals surface area contributed by atoms with Crippen molar-refractivity contribution in [1.82, 2.24) is 0 Å². The lowest BCUT2D eigenvalue weighted by molar-refractivity contribution is -0.122. The van der Waals surface area contributed by atoms with Crippen molar-refractivity contribution in [3.63, 3.8) is 0 Å². The molecule has 0 bridgehead atoms. The molecule has 0 spiro atoms. The minimum Gasteiger partial charge on any atom is -0.481 e. The van der Waals surface area contributed by atoms with Gasteiger partial charge in [0.05, 0.1) is 0 Å². The molecule has 0 aliphatic carbocycles. The van der Waals surface area contributed by atoms with Crippen LogP contribution >= 0.6 is 11.6 Å². The maximum absolute atomic E-state index is 12.4. The Bertz CT molecular complexity index is 760. The van der Waals surface area contributed by atoms with Crippen LogP contribution in [0.4, 0.5) is 11.4 Å². The molecule has 1 heterocycles. The zero-order chi connectivity index (χ0) is 18.7. The molecule has 1 atom stereocenters. The van der Waals surface area contributed by atoms with Gasteiger partial charge in [0.1, 0.15) is 5.75 Å². The van der Waals surface area contributed by atoms with E-state index in [1.807, 2.05) is 38.1 Å². The average Bonchev–Trinajstić information content (AvgIpc) is 3.15. The van der Waals surface area contributed by atoms with Gasteiger partial charge in [0, 0.05) is 29.5 Å². The van der Waals surface area contributed by atoms with Gasteiger partial charge >= 0.3 is 0 Å². The summed E-state index contributed by atoms with van der Waals surface area (Å²) in [5, 5.41) is 3.64. The van der Waals surface area contributed by atoms with Crippen LogP contribution < -0.4 is 15.0 Å². The highest BCUT2D eigenvalue weighted by molar-refractivity contribution is 6.32. The molecular formula is C21H25ClN2O2. The number of carbonyl (C=O) groups excluding carboxylic acids is 1. The number of carbonyl (C=O) groups is 1. The highest BCUT2D eigenvalue weighted by Crippen LogP contribution is 2.27. The third-order valence-corrected chi connectivity index (χ3v) is 5.29. The van der Waals surface area contributed by atoms with E-state index in [1.54, 1.807) is 6.92 Å². The quantitative estimate of drug-likeness (QED) is 0.806. The monoisotopic (exact) mass is 372 g/mol. The lowest BCUT2D eigenvalue weighted by Crippen LogP contribution is -2.30. The predicted molar refractivity (Wildman–Crippen MR) is 108 cm³/mol. The first-order valence-electron chi connectivity index (χ1n) is 9.03. The Morgan fingerprint density at radius 1 is 1.12 bits per heavy atom. The average molecular weight is 373 g/mol. The largest absolute Gasteiger partial charge is 0.481 e. The van der Waals surface area contributed by atoms with Crippen LogP contribution in [0.1, 0.15) is 30.9 Å². The number of aryl methyl sites for hydroxylation is 2. The molecule has 1 fully saturated rings. The fraction of sp³-hybridized carbons (Fsp3) is 0.381. The van der Waals surface area contributed by atoms with E-state index in [0.717, 1.165) is 34.9 Å². The van der Waals surface area contributed by atoms with Crippen molar-refractivity contribution in [3.8, 4) is 5.75 Å². The van der Waals surface area contributed by atoms with Crippen molar-refractivity contribution in [2.75, 3.05) is 23.3 Å². The summed E-state index contributed by atoms with van der Waals surface area (Å²) in [6.07, 6.45) is 1.89. The lowest BCUT2D eigenvalue weighted by atomic mass is 10.1. The molecule has 2 aromatic rings. The predicted octanol–water partition coefficient (Wildman–Crippen LogP) is 4.96. The van der Waals surface area contributed by atoms with E-state index >= 15 is 0 Å². The molecule has 1 N–H and O–H groups in total. The highest BCUT2D eigenvalue weighted by Gasteiger charge is 2.17.